The molecule has 8 heteroatoms. The minimum Gasteiger partial charge on any atom is -0.286 e. The summed E-state index contributed by atoms with van der Waals surface area (Å²) in [6.07, 6.45) is 0.979. The van der Waals surface area contributed by atoms with Crippen LogP contribution in [0, 0.1) is 17.5 Å². The summed E-state index contributed by atoms with van der Waals surface area (Å²) in [5, 5.41) is -1.51. The number of benzene rings is 3. The Morgan fingerprint density at radius 1 is 0.800 bits per heavy atom. The third-order valence-corrected chi connectivity index (χ3v) is 6.69. The van der Waals surface area contributed by atoms with Crippen LogP contribution in [-0.4, -0.2) is 14.3 Å². The van der Waals surface area contributed by atoms with Gasteiger partial charge >= 0.3 is 0 Å². The number of sulfone groups is 1. The molecule has 0 aromatic heterocycles. The van der Waals surface area contributed by atoms with Gasteiger partial charge in [0.1, 0.15) is 22.4 Å². The zero-order valence-corrected chi connectivity index (χ0v) is 16.1. The monoisotopic (exact) mass is 429 g/mol. The number of hydrogen-bond acceptors (Lipinski definition) is 3. The molecule has 4 nitrogen and oxygen atoms in total. The summed E-state index contributed by atoms with van der Waals surface area (Å²) < 4.78 is 67.5. The van der Waals surface area contributed by atoms with Crippen molar-refractivity contribution >= 4 is 27.5 Å². The second-order valence-electron chi connectivity index (χ2n) is 6.63. The summed E-state index contributed by atoms with van der Waals surface area (Å²) >= 11 is 0. The lowest BCUT2D eigenvalue weighted by molar-refractivity contribution is -0.114. The van der Waals surface area contributed by atoms with Crippen LogP contribution in [0.4, 0.5) is 18.9 Å². The lowest BCUT2D eigenvalue weighted by Crippen LogP contribution is -2.29. The van der Waals surface area contributed by atoms with Crippen molar-refractivity contribution in [2.24, 2.45) is 0 Å². The second kappa shape index (κ2) is 7.46. The summed E-state index contributed by atoms with van der Waals surface area (Å²) in [4.78, 5) is 13.5. The molecule has 0 spiro atoms. The number of carbonyl (C=O) groups excluding carboxylic acids is 1. The minimum absolute atomic E-state index is 0.0664. The van der Waals surface area contributed by atoms with Gasteiger partial charge in [0, 0.05) is 11.3 Å². The molecule has 0 aliphatic carbocycles. The zero-order valence-electron chi connectivity index (χ0n) is 15.3. The molecule has 152 valence electrons. The number of hydrogen-bond donors (Lipinski definition) is 0. The van der Waals surface area contributed by atoms with Crippen molar-refractivity contribution in [2.75, 3.05) is 4.90 Å². The quantitative estimate of drug-likeness (QED) is 0.572. The van der Waals surface area contributed by atoms with E-state index < -0.39 is 43.5 Å². The first-order valence-corrected chi connectivity index (χ1v) is 10.4. The van der Waals surface area contributed by atoms with Crippen LogP contribution in [0.15, 0.2) is 77.7 Å². The molecular weight excluding hydrogens is 415 g/mol. The average Bonchev–Trinajstić information content (AvgIpc) is 2.91. The van der Waals surface area contributed by atoms with Gasteiger partial charge in [-0.25, -0.2) is 21.6 Å². The molecule has 1 saturated heterocycles. The molecule has 0 bridgehead atoms. The number of nitrogens with zero attached hydrogens (tertiary/aromatic N) is 1. The molecule has 1 unspecified atom stereocenters. The number of anilines is 1. The van der Waals surface area contributed by atoms with Gasteiger partial charge in [-0.2, -0.15) is 0 Å². The maximum Gasteiger partial charge on any atom is 0.271 e. The SMILES string of the molecule is O=C1/C(=C\c2ccccc2F)S(=O)(=O)C(c2ccc(F)cc2)N1c1ccc(F)cc1. The molecule has 3 aromatic carbocycles. The third kappa shape index (κ3) is 3.39. The predicted molar refractivity (Wildman–Crippen MR) is 106 cm³/mol. The summed E-state index contributed by atoms with van der Waals surface area (Å²) in [6, 6.07) is 14.8. The van der Waals surface area contributed by atoms with Gasteiger partial charge in [0.05, 0.1) is 0 Å². The van der Waals surface area contributed by atoms with E-state index in [0.29, 0.717) is 0 Å². The highest BCUT2D eigenvalue weighted by atomic mass is 32.2. The zero-order chi connectivity index (χ0) is 21.5. The fourth-order valence-electron chi connectivity index (χ4n) is 3.29. The first kappa shape index (κ1) is 19.9. The first-order valence-electron chi connectivity index (χ1n) is 8.84. The van der Waals surface area contributed by atoms with Crippen LogP contribution in [0.3, 0.4) is 0 Å². The van der Waals surface area contributed by atoms with E-state index in [1.807, 2.05) is 0 Å². The molecule has 0 radical (unpaired) electrons. The van der Waals surface area contributed by atoms with E-state index in [1.165, 1.54) is 42.5 Å². The molecule has 3 aromatic rings. The van der Waals surface area contributed by atoms with Crippen LogP contribution in [0.5, 0.6) is 0 Å². The van der Waals surface area contributed by atoms with Gasteiger partial charge in [-0.1, -0.05) is 30.3 Å². The Morgan fingerprint density at radius 3 is 1.97 bits per heavy atom. The van der Waals surface area contributed by atoms with Gasteiger partial charge < -0.3 is 0 Å². The Hall–Kier alpha value is -3.39. The second-order valence-corrected chi connectivity index (χ2v) is 8.61. The third-order valence-electron chi connectivity index (χ3n) is 4.72. The molecule has 30 heavy (non-hydrogen) atoms. The molecule has 0 saturated carbocycles. The summed E-state index contributed by atoms with van der Waals surface area (Å²) in [6.45, 7) is 0. The van der Waals surface area contributed by atoms with Gasteiger partial charge in [0.2, 0.25) is 9.84 Å². The van der Waals surface area contributed by atoms with Crippen LogP contribution in [-0.2, 0) is 14.6 Å². The molecule has 1 amide bonds. The Balaban J connectivity index is 1.93. The van der Waals surface area contributed by atoms with E-state index >= 15 is 0 Å². The van der Waals surface area contributed by atoms with Gasteiger partial charge in [-0.3, -0.25) is 9.69 Å². The van der Waals surface area contributed by atoms with Gasteiger partial charge in [-0.05, 0) is 54.1 Å². The molecule has 1 aliphatic heterocycles. The lowest BCUT2D eigenvalue weighted by atomic mass is 10.1. The molecule has 1 aliphatic rings. The van der Waals surface area contributed by atoms with Crippen LogP contribution in [0.2, 0.25) is 0 Å². The first-order chi connectivity index (χ1) is 14.3. The van der Waals surface area contributed by atoms with Crippen molar-refractivity contribution < 1.29 is 26.4 Å². The van der Waals surface area contributed by atoms with Crippen molar-refractivity contribution in [3.05, 3.63) is 106 Å². The highest BCUT2D eigenvalue weighted by Gasteiger charge is 2.50. The molecule has 1 heterocycles. The van der Waals surface area contributed by atoms with Gasteiger partial charge in [0.25, 0.3) is 5.91 Å². The molecule has 0 N–H and O–H groups in total. The van der Waals surface area contributed by atoms with E-state index in [-0.39, 0.29) is 16.8 Å². The van der Waals surface area contributed by atoms with E-state index in [1.54, 1.807) is 0 Å². The van der Waals surface area contributed by atoms with Crippen LogP contribution >= 0.6 is 0 Å². The Kier molecular flexibility index (Phi) is 4.95. The maximum atomic E-state index is 14.1. The molecular formula is C22H14F3NO3S. The summed E-state index contributed by atoms with van der Waals surface area (Å²) in [5.74, 6) is -2.71. The van der Waals surface area contributed by atoms with E-state index in [2.05, 4.69) is 0 Å². The standard InChI is InChI=1S/C22H14F3NO3S/c23-16-7-5-14(6-8-16)22-26(18-11-9-17(24)10-12-18)21(27)20(30(22,28)29)13-15-3-1-2-4-19(15)25/h1-13,22H/b20-13+. The Morgan fingerprint density at radius 2 is 1.37 bits per heavy atom. The highest BCUT2D eigenvalue weighted by molar-refractivity contribution is 7.97. The molecule has 1 atom stereocenters. The normalized spacial score (nSPS) is 19.4. The number of halogens is 3. The number of amides is 1. The topological polar surface area (TPSA) is 54.5 Å². The maximum absolute atomic E-state index is 14.1. The van der Waals surface area contributed by atoms with Crippen molar-refractivity contribution in [3.8, 4) is 0 Å². The van der Waals surface area contributed by atoms with Crippen molar-refractivity contribution in [1.82, 2.24) is 0 Å². The lowest BCUT2D eigenvalue weighted by Gasteiger charge is -2.23. The van der Waals surface area contributed by atoms with Crippen LogP contribution < -0.4 is 4.90 Å². The largest absolute Gasteiger partial charge is 0.286 e. The van der Waals surface area contributed by atoms with Crippen molar-refractivity contribution in [1.29, 1.82) is 0 Å². The Labute approximate surface area is 170 Å². The summed E-state index contributed by atoms with van der Waals surface area (Å²) in [5.41, 5.74) is 0.213. The van der Waals surface area contributed by atoms with Crippen molar-refractivity contribution in [3.63, 3.8) is 0 Å². The van der Waals surface area contributed by atoms with Crippen LogP contribution in [0.25, 0.3) is 6.08 Å². The van der Waals surface area contributed by atoms with Crippen LogP contribution in [0.1, 0.15) is 16.5 Å². The minimum atomic E-state index is -4.31. The fourth-order valence-corrected chi connectivity index (χ4v) is 5.18. The van der Waals surface area contributed by atoms with Gasteiger partial charge in [0.15, 0.2) is 5.37 Å². The molecule has 4 rings (SSSR count). The number of carbonyl (C=O) groups is 1. The van der Waals surface area contributed by atoms with Crippen molar-refractivity contribution in [2.45, 2.75) is 5.37 Å². The number of rotatable bonds is 3. The summed E-state index contributed by atoms with van der Waals surface area (Å²) in [7, 11) is -4.31. The fraction of sp³-hybridized carbons (Fsp3) is 0.0455. The highest BCUT2D eigenvalue weighted by Crippen LogP contribution is 2.43. The van der Waals surface area contributed by atoms with E-state index in [4.69, 9.17) is 0 Å². The van der Waals surface area contributed by atoms with E-state index in [9.17, 15) is 26.4 Å². The molecule has 1 fully saturated rings. The Bertz CT molecular complexity index is 1250. The predicted octanol–water partition coefficient (Wildman–Crippen LogP) is 4.61. The van der Waals surface area contributed by atoms with E-state index in [0.717, 1.165) is 41.3 Å². The smallest absolute Gasteiger partial charge is 0.271 e. The van der Waals surface area contributed by atoms with Gasteiger partial charge in [-0.15, -0.1) is 0 Å². The average molecular weight is 429 g/mol.